The average molecular weight is 280 g/mol. The minimum atomic E-state index is 0.548. The van der Waals surface area contributed by atoms with Gasteiger partial charge in [-0.25, -0.2) is 0 Å². The molecule has 0 N–H and O–H groups in total. The van der Waals surface area contributed by atoms with Gasteiger partial charge in [0.05, 0.1) is 12.6 Å². The summed E-state index contributed by atoms with van der Waals surface area (Å²) >= 11 is 3.49. The topological polar surface area (TPSA) is 30.3 Å². The van der Waals surface area contributed by atoms with Crippen LogP contribution in [-0.4, -0.2) is 37.6 Å². The highest BCUT2D eigenvalue weighted by Gasteiger charge is 2.16. The van der Waals surface area contributed by atoms with Crippen molar-refractivity contribution in [3.8, 4) is 6.07 Å². The first-order valence-corrected chi connectivity index (χ1v) is 6.19. The van der Waals surface area contributed by atoms with Gasteiger partial charge in [0.2, 0.25) is 0 Å². The largest absolute Gasteiger partial charge is 0.369 e. The van der Waals surface area contributed by atoms with E-state index in [2.05, 4.69) is 50.0 Å². The lowest BCUT2D eigenvalue weighted by molar-refractivity contribution is 0.287. The van der Waals surface area contributed by atoms with E-state index < -0.39 is 0 Å². The highest BCUT2D eigenvalue weighted by molar-refractivity contribution is 9.10. The molecule has 0 amide bonds. The van der Waals surface area contributed by atoms with Crippen LogP contribution in [0.25, 0.3) is 0 Å². The molecule has 1 aliphatic rings. The second-order valence-electron chi connectivity index (χ2n) is 3.90. The number of rotatable bonds is 2. The smallest absolute Gasteiger partial charge is 0.0867 e. The monoisotopic (exact) mass is 279 g/mol. The van der Waals surface area contributed by atoms with Crippen molar-refractivity contribution in [3.63, 3.8) is 0 Å². The van der Waals surface area contributed by atoms with Gasteiger partial charge < -0.3 is 4.90 Å². The molecular weight excluding hydrogens is 266 g/mol. The molecule has 0 unspecified atom stereocenters. The zero-order valence-electron chi connectivity index (χ0n) is 9.06. The SMILES string of the molecule is N#CCN1CCN(c2cccc(Br)c2)CC1. The molecule has 0 saturated carbocycles. The van der Waals surface area contributed by atoms with E-state index in [0.717, 1.165) is 30.7 Å². The summed E-state index contributed by atoms with van der Waals surface area (Å²) in [4.78, 5) is 4.55. The molecule has 1 fully saturated rings. The molecule has 1 saturated heterocycles. The van der Waals surface area contributed by atoms with Crippen LogP contribution in [0.3, 0.4) is 0 Å². The first kappa shape index (κ1) is 11.4. The Hall–Kier alpha value is -1.05. The Bertz CT molecular complexity index is 391. The van der Waals surface area contributed by atoms with Crippen molar-refractivity contribution in [3.05, 3.63) is 28.7 Å². The van der Waals surface area contributed by atoms with Crippen LogP contribution < -0.4 is 4.90 Å². The lowest BCUT2D eigenvalue weighted by Crippen LogP contribution is -2.46. The third kappa shape index (κ3) is 2.75. The number of benzene rings is 1. The van der Waals surface area contributed by atoms with Crippen molar-refractivity contribution < 1.29 is 0 Å². The molecule has 0 aromatic heterocycles. The summed E-state index contributed by atoms with van der Waals surface area (Å²) in [5.74, 6) is 0. The maximum Gasteiger partial charge on any atom is 0.0867 e. The Labute approximate surface area is 104 Å². The Morgan fingerprint density at radius 1 is 1.25 bits per heavy atom. The fourth-order valence-electron chi connectivity index (χ4n) is 1.94. The van der Waals surface area contributed by atoms with E-state index in [1.807, 2.05) is 6.07 Å². The van der Waals surface area contributed by atoms with Gasteiger partial charge in [-0.05, 0) is 18.2 Å². The molecule has 84 valence electrons. The Morgan fingerprint density at radius 2 is 2.00 bits per heavy atom. The van der Waals surface area contributed by atoms with Crippen LogP contribution in [-0.2, 0) is 0 Å². The van der Waals surface area contributed by atoms with Crippen LogP contribution in [0.2, 0.25) is 0 Å². The van der Waals surface area contributed by atoms with Crippen LogP contribution in [0, 0.1) is 11.3 Å². The van der Waals surface area contributed by atoms with Crippen molar-refractivity contribution in [1.29, 1.82) is 5.26 Å². The minimum Gasteiger partial charge on any atom is -0.369 e. The van der Waals surface area contributed by atoms with Crippen molar-refractivity contribution in [2.75, 3.05) is 37.6 Å². The third-order valence-corrected chi connectivity index (χ3v) is 3.33. The third-order valence-electron chi connectivity index (χ3n) is 2.84. The van der Waals surface area contributed by atoms with E-state index in [-0.39, 0.29) is 0 Å². The molecule has 0 bridgehead atoms. The molecular formula is C12H14BrN3. The summed E-state index contributed by atoms with van der Waals surface area (Å²) in [5.41, 5.74) is 1.26. The molecule has 0 spiro atoms. The molecule has 1 aliphatic heterocycles. The van der Waals surface area contributed by atoms with Crippen LogP contribution in [0.5, 0.6) is 0 Å². The zero-order chi connectivity index (χ0) is 11.4. The Morgan fingerprint density at radius 3 is 2.62 bits per heavy atom. The molecule has 1 aromatic carbocycles. The lowest BCUT2D eigenvalue weighted by atomic mass is 10.2. The standard InChI is InChI=1S/C12H14BrN3/c13-11-2-1-3-12(10-11)16-8-6-15(5-4-14)7-9-16/h1-3,10H,5-9H2. The summed E-state index contributed by atoms with van der Waals surface area (Å²) in [6, 6.07) is 10.6. The van der Waals surface area contributed by atoms with Gasteiger partial charge in [0.15, 0.2) is 0 Å². The fourth-order valence-corrected chi connectivity index (χ4v) is 2.32. The average Bonchev–Trinajstić information content (AvgIpc) is 2.30. The predicted octanol–water partition coefficient (Wildman–Crippen LogP) is 2.09. The van der Waals surface area contributed by atoms with Crippen LogP contribution in [0.15, 0.2) is 28.7 Å². The molecule has 1 heterocycles. The number of anilines is 1. The van der Waals surface area contributed by atoms with Crippen LogP contribution in [0.1, 0.15) is 0 Å². The summed E-state index contributed by atoms with van der Waals surface area (Å²) in [6.45, 7) is 4.49. The van der Waals surface area contributed by atoms with Gasteiger partial charge in [-0.15, -0.1) is 0 Å². The molecule has 0 atom stereocenters. The molecule has 1 aromatic rings. The number of nitrogens with zero attached hydrogens (tertiary/aromatic N) is 3. The van der Waals surface area contributed by atoms with E-state index >= 15 is 0 Å². The molecule has 3 nitrogen and oxygen atoms in total. The summed E-state index contributed by atoms with van der Waals surface area (Å²) < 4.78 is 1.12. The maximum atomic E-state index is 8.63. The van der Waals surface area contributed by atoms with Gasteiger partial charge in [0, 0.05) is 36.3 Å². The number of nitriles is 1. The van der Waals surface area contributed by atoms with E-state index in [1.165, 1.54) is 5.69 Å². The van der Waals surface area contributed by atoms with Crippen molar-refractivity contribution in [2.45, 2.75) is 0 Å². The van der Waals surface area contributed by atoms with Gasteiger partial charge in [0.1, 0.15) is 0 Å². The number of piperazine rings is 1. The van der Waals surface area contributed by atoms with E-state index in [4.69, 9.17) is 5.26 Å². The first-order valence-electron chi connectivity index (χ1n) is 5.39. The van der Waals surface area contributed by atoms with Crippen molar-refractivity contribution in [1.82, 2.24) is 4.90 Å². The van der Waals surface area contributed by atoms with Gasteiger partial charge in [0.25, 0.3) is 0 Å². The number of hydrogen-bond donors (Lipinski definition) is 0. The lowest BCUT2D eigenvalue weighted by Gasteiger charge is -2.34. The molecule has 16 heavy (non-hydrogen) atoms. The molecule has 0 aliphatic carbocycles. The van der Waals surface area contributed by atoms with Gasteiger partial charge in [-0.2, -0.15) is 5.26 Å². The van der Waals surface area contributed by atoms with E-state index in [1.54, 1.807) is 0 Å². The fraction of sp³-hybridized carbons (Fsp3) is 0.417. The highest BCUT2D eigenvalue weighted by atomic mass is 79.9. The molecule has 2 rings (SSSR count). The molecule has 4 heteroatoms. The normalized spacial score (nSPS) is 17.1. The first-order chi connectivity index (χ1) is 7.79. The van der Waals surface area contributed by atoms with Gasteiger partial charge >= 0.3 is 0 Å². The quantitative estimate of drug-likeness (QED) is 0.777. The zero-order valence-corrected chi connectivity index (χ0v) is 10.7. The van der Waals surface area contributed by atoms with E-state index in [0.29, 0.717) is 6.54 Å². The second kappa shape index (κ2) is 5.33. The summed E-state index contributed by atoms with van der Waals surface area (Å²) in [7, 11) is 0. The van der Waals surface area contributed by atoms with Crippen molar-refractivity contribution in [2.24, 2.45) is 0 Å². The number of halogens is 1. The molecule has 0 radical (unpaired) electrons. The second-order valence-corrected chi connectivity index (χ2v) is 4.82. The maximum absolute atomic E-state index is 8.63. The van der Waals surface area contributed by atoms with Crippen LogP contribution in [0.4, 0.5) is 5.69 Å². The Kier molecular flexibility index (Phi) is 3.81. The van der Waals surface area contributed by atoms with Crippen LogP contribution >= 0.6 is 15.9 Å². The van der Waals surface area contributed by atoms with Gasteiger partial charge in [-0.3, -0.25) is 4.90 Å². The summed E-state index contributed by atoms with van der Waals surface area (Å²) in [6.07, 6.45) is 0. The van der Waals surface area contributed by atoms with Gasteiger partial charge in [-0.1, -0.05) is 22.0 Å². The minimum absolute atomic E-state index is 0.548. The number of hydrogen-bond acceptors (Lipinski definition) is 3. The highest BCUT2D eigenvalue weighted by Crippen LogP contribution is 2.20. The predicted molar refractivity (Wildman–Crippen MR) is 68.4 cm³/mol. The summed E-state index contributed by atoms with van der Waals surface area (Å²) in [5, 5.41) is 8.63. The van der Waals surface area contributed by atoms with Crippen molar-refractivity contribution >= 4 is 21.6 Å². The Balaban J connectivity index is 1.97. The van der Waals surface area contributed by atoms with E-state index in [9.17, 15) is 0 Å².